The molecule has 0 atom stereocenters. The van der Waals surface area contributed by atoms with Gasteiger partial charge in [-0.25, -0.2) is 4.98 Å². The summed E-state index contributed by atoms with van der Waals surface area (Å²) in [6, 6.07) is 38.2. The van der Waals surface area contributed by atoms with E-state index >= 15 is 0 Å². The molecule has 0 aliphatic carbocycles. The van der Waals surface area contributed by atoms with Crippen LogP contribution in [0.15, 0.2) is 109 Å². The molecular formula is C33H30N2S. The van der Waals surface area contributed by atoms with Gasteiger partial charge in [0.15, 0.2) is 0 Å². The smallest absolute Gasteiger partial charge is 0.137 e. The summed E-state index contributed by atoms with van der Waals surface area (Å²) in [5.74, 6) is 0.974. The first kappa shape index (κ1) is 23.8. The van der Waals surface area contributed by atoms with Crippen LogP contribution in [0.4, 0.5) is 0 Å². The van der Waals surface area contributed by atoms with Gasteiger partial charge in [-0.2, -0.15) is 0 Å². The Morgan fingerprint density at radius 3 is 1.78 bits per heavy atom. The van der Waals surface area contributed by atoms with Gasteiger partial charge in [0.2, 0.25) is 0 Å². The maximum absolute atomic E-state index is 4.68. The van der Waals surface area contributed by atoms with Crippen LogP contribution in [0.2, 0.25) is 0 Å². The second-order valence-corrected chi connectivity index (χ2v) is 9.64. The minimum Gasteiger partial charge on any atom is -0.294 e. The topological polar surface area (TPSA) is 17.8 Å². The Morgan fingerprint density at radius 1 is 0.556 bits per heavy atom. The highest BCUT2D eigenvalue weighted by Crippen LogP contribution is 2.35. The molecule has 0 aliphatic rings. The van der Waals surface area contributed by atoms with Crippen molar-refractivity contribution in [3.63, 3.8) is 0 Å². The maximum atomic E-state index is 4.68. The summed E-state index contributed by atoms with van der Waals surface area (Å²) >= 11 is 1.88. The zero-order valence-corrected chi connectivity index (χ0v) is 22.0. The molecule has 2 nitrogen and oxygen atoms in total. The molecule has 0 amide bonds. The van der Waals surface area contributed by atoms with E-state index < -0.39 is 0 Å². The van der Waals surface area contributed by atoms with E-state index in [0.717, 1.165) is 11.5 Å². The largest absolute Gasteiger partial charge is 0.294 e. The van der Waals surface area contributed by atoms with Crippen molar-refractivity contribution in [2.24, 2.45) is 0 Å². The summed E-state index contributed by atoms with van der Waals surface area (Å²) in [6.45, 7) is 8.21. The van der Waals surface area contributed by atoms with Gasteiger partial charge >= 0.3 is 0 Å². The third-order valence-corrected chi connectivity index (χ3v) is 7.43. The van der Waals surface area contributed by atoms with Crippen LogP contribution in [0, 0.1) is 13.8 Å². The maximum Gasteiger partial charge on any atom is 0.137 e. The van der Waals surface area contributed by atoms with Crippen LogP contribution in [-0.4, -0.2) is 9.55 Å². The Morgan fingerprint density at radius 2 is 1.11 bits per heavy atom. The van der Waals surface area contributed by atoms with Gasteiger partial charge in [-0.1, -0.05) is 86.6 Å². The normalized spacial score (nSPS) is 10.8. The van der Waals surface area contributed by atoms with E-state index in [9.17, 15) is 0 Å². The first-order chi connectivity index (χ1) is 17.7. The fraction of sp³-hybridized carbons (Fsp3) is 0.121. The van der Waals surface area contributed by atoms with Crippen molar-refractivity contribution >= 4 is 53.3 Å². The van der Waals surface area contributed by atoms with Crippen LogP contribution < -0.4 is 0 Å². The molecule has 0 bridgehead atoms. The predicted molar refractivity (Wildman–Crippen MR) is 159 cm³/mol. The van der Waals surface area contributed by atoms with Crippen molar-refractivity contribution in [2.45, 2.75) is 27.7 Å². The van der Waals surface area contributed by atoms with Crippen LogP contribution in [0.5, 0.6) is 0 Å². The van der Waals surface area contributed by atoms with Gasteiger partial charge in [0, 0.05) is 36.6 Å². The second-order valence-electron chi connectivity index (χ2n) is 8.55. The number of thiophene rings is 1. The third-order valence-electron chi connectivity index (χ3n) is 6.29. The van der Waals surface area contributed by atoms with Gasteiger partial charge in [0.25, 0.3) is 0 Å². The van der Waals surface area contributed by atoms with Gasteiger partial charge in [-0.05, 0) is 55.8 Å². The second kappa shape index (κ2) is 10.3. The summed E-state index contributed by atoms with van der Waals surface area (Å²) in [5, 5.41) is 5.36. The fourth-order valence-corrected chi connectivity index (χ4v) is 5.96. The molecule has 0 aliphatic heterocycles. The van der Waals surface area contributed by atoms with Crippen molar-refractivity contribution in [1.82, 2.24) is 9.55 Å². The minimum atomic E-state index is 0.974. The summed E-state index contributed by atoms with van der Waals surface area (Å²) in [6.07, 6.45) is 0. The number of pyridine rings is 1. The quantitative estimate of drug-likeness (QED) is 0.226. The molecule has 36 heavy (non-hydrogen) atoms. The number of benzene rings is 4. The first-order valence-corrected chi connectivity index (χ1v) is 13.3. The first-order valence-electron chi connectivity index (χ1n) is 12.5. The van der Waals surface area contributed by atoms with E-state index in [4.69, 9.17) is 0 Å². The summed E-state index contributed by atoms with van der Waals surface area (Å²) in [4.78, 5) is 4.68. The van der Waals surface area contributed by atoms with Crippen LogP contribution >= 0.6 is 11.3 Å². The molecule has 7 aromatic rings. The average Bonchev–Trinajstić information content (AvgIpc) is 3.47. The van der Waals surface area contributed by atoms with Crippen molar-refractivity contribution in [2.75, 3.05) is 0 Å². The number of para-hydroxylation sites is 2. The van der Waals surface area contributed by atoms with Gasteiger partial charge in [-0.15, -0.1) is 11.3 Å². The van der Waals surface area contributed by atoms with E-state index in [0.29, 0.717) is 0 Å². The lowest BCUT2D eigenvalue weighted by Gasteiger charge is -2.07. The van der Waals surface area contributed by atoms with Crippen molar-refractivity contribution in [1.29, 1.82) is 0 Å². The number of nitrogens with zero attached hydrogens (tertiary/aromatic N) is 2. The standard InChI is InChI=1S/C18H14N2.C13H10S.C2H6/c1-13-7-6-12-18(19-13)20-16-10-4-2-8-14(16)15-9-3-5-11-17(15)20;1-9-5-4-8-12-13(9)10-6-2-3-7-11(10)14-12;1-2/h2-12H,1H3;2-8H,1H3;1-2H3. The Labute approximate surface area is 216 Å². The highest BCUT2D eigenvalue weighted by molar-refractivity contribution is 7.25. The Hall–Kier alpha value is -3.95. The van der Waals surface area contributed by atoms with Crippen molar-refractivity contribution in [3.8, 4) is 5.82 Å². The van der Waals surface area contributed by atoms with Gasteiger partial charge < -0.3 is 0 Å². The Kier molecular flexibility index (Phi) is 6.84. The Bertz CT molecular complexity index is 1740. The number of hydrogen-bond donors (Lipinski definition) is 0. The van der Waals surface area contributed by atoms with E-state index in [2.05, 4.69) is 120 Å². The van der Waals surface area contributed by atoms with E-state index in [1.165, 1.54) is 47.5 Å². The highest BCUT2D eigenvalue weighted by Gasteiger charge is 2.11. The molecule has 178 valence electrons. The van der Waals surface area contributed by atoms with Crippen LogP contribution in [-0.2, 0) is 0 Å². The van der Waals surface area contributed by atoms with Crippen molar-refractivity contribution in [3.05, 3.63) is 120 Å². The zero-order chi connectivity index (χ0) is 25.1. The predicted octanol–water partition coefficient (Wildman–Crippen LogP) is 9.88. The molecule has 0 saturated carbocycles. The van der Waals surface area contributed by atoms with E-state index in [1.807, 2.05) is 38.2 Å². The highest BCUT2D eigenvalue weighted by atomic mass is 32.1. The zero-order valence-electron chi connectivity index (χ0n) is 21.2. The molecule has 3 aromatic heterocycles. The number of aromatic nitrogens is 2. The number of fused-ring (bicyclic) bond motifs is 6. The van der Waals surface area contributed by atoms with Gasteiger partial charge in [-0.3, -0.25) is 4.57 Å². The molecule has 3 heterocycles. The minimum absolute atomic E-state index is 0.974. The molecule has 0 saturated heterocycles. The SMILES string of the molecule is CC.Cc1cccc(-n2c3ccccc3c3ccccc32)n1.Cc1cccc2sc3ccccc3c12. The van der Waals surface area contributed by atoms with Crippen LogP contribution in [0.3, 0.4) is 0 Å². The number of aryl methyl sites for hydroxylation is 2. The van der Waals surface area contributed by atoms with Crippen molar-refractivity contribution < 1.29 is 0 Å². The fourth-order valence-electron chi connectivity index (χ4n) is 4.77. The molecule has 4 aromatic carbocycles. The Balaban J connectivity index is 0.000000146. The summed E-state index contributed by atoms with van der Waals surface area (Å²) < 4.78 is 5.01. The molecule has 3 heteroatoms. The molecule has 7 rings (SSSR count). The number of rotatable bonds is 1. The monoisotopic (exact) mass is 486 g/mol. The molecule has 0 fully saturated rings. The number of hydrogen-bond acceptors (Lipinski definition) is 2. The molecular weight excluding hydrogens is 456 g/mol. The summed E-state index contributed by atoms with van der Waals surface area (Å²) in [7, 11) is 0. The lowest BCUT2D eigenvalue weighted by atomic mass is 10.1. The lowest BCUT2D eigenvalue weighted by Crippen LogP contribution is -1.97. The molecule has 0 unspecified atom stereocenters. The molecule has 0 N–H and O–H groups in total. The lowest BCUT2D eigenvalue weighted by molar-refractivity contribution is 1.05. The van der Waals surface area contributed by atoms with Gasteiger partial charge in [0.05, 0.1) is 11.0 Å². The van der Waals surface area contributed by atoms with Gasteiger partial charge in [0.1, 0.15) is 5.82 Å². The van der Waals surface area contributed by atoms with Crippen LogP contribution in [0.25, 0.3) is 47.8 Å². The van der Waals surface area contributed by atoms with E-state index in [-0.39, 0.29) is 0 Å². The molecule has 0 spiro atoms. The molecule has 0 radical (unpaired) electrons. The van der Waals surface area contributed by atoms with Crippen LogP contribution in [0.1, 0.15) is 25.1 Å². The average molecular weight is 487 g/mol. The summed E-state index contributed by atoms with van der Waals surface area (Å²) in [5.41, 5.74) is 4.81. The third kappa shape index (κ3) is 4.27. The van der Waals surface area contributed by atoms with E-state index in [1.54, 1.807) is 0 Å².